The van der Waals surface area contributed by atoms with Crippen molar-refractivity contribution in [3.8, 4) is 0 Å². The SMILES string of the molecule is CC(C)C(N)C(=O)NC(Cc1cnc[nH]1)C(=O)NC(CC(N)=O)C(=O)N1CCCC1C(=O)O. The Morgan fingerprint density at radius 3 is 2.42 bits per heavy atom. The summed E-state index contributed by atoms with van der Waals surface area (Å²) >= 11 is 0. The number of carbonyl (C=O) groups excluding carboxylic acids is 4. The molecule has 0 aromatic carbocycles. The smallest absolute Gasteiger partial charge is 0.326 e. The van der Waals surface area contributed by atoms with Crippen molar-refractivity contribution in [1.29, 1.82) is 0 Å². The lowest BCUT2D eigenvalue weighted by atomic mass is 10.0. The molecule has 0 saturated carbocycles. The molecule has 2 rings (SSSR count). The maximum atomic E-state index is 13.1. The van der Waals surface area contributed by atoms with Crippen LogP contribution in [0.1, 0.15) is 38.8 Å². The average molecular weight is 466 g/mol. The van der Waals surface area contributed by atoms with Crippen LogP contribution < -0.4 is 22.1 Å². The van der Waals surface area contributed by atoms with Gasteiger partial charge in [0.15, 0.2) is 0 Å². The molecule has 1 saturated heterocycles. The molecular formula is C20H31N7O6. The number of imidazole rings is 1. The number of primary amides is 1. The van der Waals surface area contributed by atoms with Crippen LogP contribution in [-0.2, 0) is 30.4 Å². The summed E-state index contributed by atoms with van der Waals surface area (Å²) in [6, 6.07) is -4.44. The highest BCUT2D eigenvalue weighted by molar-refractivity contribution is 5.96. The Balaban J connectivity index is 2.22. The molecule has 1 aliphatic rings. The molecule has 0 aliphatic carbocycles. The van der Waals surface area contributed by atoms with Gasteiger partial charge in [-0.1, -0.05) is 13.8 Å². The number of nitrogens with zero attached hydrogens (tertiary/aromatic N) is 2. The average Bonchev–Trinajstić information content (AvgIpc) is 3.43. The van der Waals surface area contributed by atoms with Gasteiger partial charge < -0.3 is 37.1 Å². The minimum absolute atomic E-state index is 0.0152. The highest BCUT2D eigenvalue weighted by atomic mass is 16.4. The first kappa shape index (κ1) is 25.8. The number of likely N-dealkylation sites (tertiary alicyclic amines) is 1. The van der Waals surface area contributed by atoms with Crippen LogP contribution in [0.2, 0.25) is 0 Å². The number of carbonyl (C=O) groups is 5. The lowest BCUT2D eigenvalue weighted by molar-refractivity contribution is -0.149. The van der Waals surface area contributed by atoms with Gasteiger partial charge in [0, 0.05) is 24.9 Å². The molecule has 4 atom stereocenters. The fraction of sp³-hybridized carbons (Fsp3) is 0.600. The molecule has 4 unspecified atom stereocenters. The van der Waals surface area contributed by atoms with Gasteiger partial charge in [-0.2, -0.15) is 0 Å². The fourth-order valence-corrected chi connectivity index (χ4v) is 3.56. The summed E-state index contributed by atoms with van der Waals surface area (Å²) in [6.07, 6.45) is 3.12. The molecule has 1 aromatic rings. The number of amides is 4. The summed E-state index contributed by atoms with van der Waals surface area (Å²) in [4.78, 5) is 69.5. The van der Waals surface area contributed by atoms with E-state index in [9.17, 15) is 29.1 Å². The molecule has 1 fully saturated rings. The first-order valence-electron chi connectivity index (χ1n) is 10.7. The van der Waals surface area contributed by atoms with E-state index < -0.39 is 60.2 Å². The summed E-state index contributed by atoms with van der Waals surface area (Å²) in [7, 11) is 0. The molecular weight excluding hydrogens is 434 g/mol. The second-order valence-electron chi connectivity index (χ2n) is 8.37. The Labute approximate surface area is 190 Å². The number of hydrogen-bond acceptors (Lipinski definition) is 7. The number of carboxylic acid groups (broad SMARTS) is 1. The van der Waals surface area contributed by atoms with Crippen LogP contribution in [0.15, 0.2) is 12.5 Å². The molecule has 33 heavy (non-hydrogen) atoms. The minimum Gasteiger partial charge on any atom is -0.480 e. The van der Waals surface area contributed by atoms with E-state index in [0.29, 0.717) is 12.1 Å². The molecule has 8 N–H and O–H groups in total. The van der Waals surface area contributed by atoms with E-state index in [0.717, 1.165) is 4.90 Å². The van der Waals surface area contributed by atoms with Crippen LogP contribution in [0.3, 0.4) is 0 Å². The summed E-state index contributed by atoms with van der Waals surface area (Å²) in [6.45, 7) is 3.69. The first-order chi connectivity index (χ1) is 15.5. The zero-order chi connectivity index (χ0) is 24.7. The largest absolute Gasteiger partial charge is 0.480 e. The third kappa shape index (κ3) is 7.00. The minimum atomic E-state index is -1.38. The van der Waals surface area contributed by atoms with Crippen molar-refractivity contribution in [3.63, 3.8) is 0 Å². The van der Waals surface area contributed by atoms with Crippen molar-refractivity contribution in [2.45, 2.75) is 63.7 Å². The summed E-state index contributed by atoms with van der Waals surface area (Å²) < 4.78 is 0. The molecule has 2 heterocycles. The van der Waals surface area contributed by atoms with Gasteiger partial charge in [-0.3, -0.25) is 19.2 Å². The number of nitrogens with one attached hydrogen (secondary N) is 3. The van der Waals surface area contributed by atoms with Gasteiger partial charge in [0.25, 0.3) is 0 Å². The second kappa shape index (κ2) is 11.4. The first-order valence-corrected chi connectivity index (χ1v) is 10.7. The Hall–Kier alpha value is -3.48. The predicted molar refractivity (Wildman–Crippen MR) is 115 cm³/mol. The number of hydrogen-bond donors (Lipinski definition) is 6. The van der Waals surface area contributed by atoms with Crippen LogP contribution in [0.25, 0.3) is 0 Å². The third-order valence-electron chi connectivity index (χ3n) is 5.47. The van der Waals surface area contributed by atoms with E-state index in [-0.39, 0.29) is 25.3 Å². The van der Waals surface area contributed by atoms with Crippen molar-refractivity contribution >= 4 is 29.6 Å². The number of aromatic nitrogens is 2. The van der Waals surface area contributed by atoms with Gasteiger partial charge in [-0.15, -0.1) is 0 Å². The number of nitrogens with two attached hydrogens (primary N) is 2. The van der Waals surface area contributed by atoms with Crippen LogP contribution in [-0.4, -0.2) is 80.3 Å². The van der Waals surface area contributed by atoms with E-state index in [2.05, 4.69) is 20.6 Å². The maximum absolute atomic E-state index is 13.1. The molecule has 13 heteroatoms. The quantitative estimate of drug-likeness (QED) is 0.211. The van der Waals surface area contributed by atoms with Gasteiger partial charge >= 0.3 is 5.97 Å². The molecule has 0 radical (unpaired) electrons. The Morgan fingerprint density at radius 1 is 1.21 bits per heavy atom. The zero-order valence-corrected chi connectivity index (χ0v) is 18.6. The van der Waals surface area contributed by atoms with Gasteiger partial charge in [0.05, 0.1) is 18.8 Å². The molecule has 13 nitrogen and oxygen atoms in total. The van der Waals surface area contributed by atoms with Crippen molar-refractivity contribution in [3.05, 3.63) is 18.2 Å². The van der Waals surface area contributed by atoms with Crippen LogP contribution >= 0.6 is 0 Å². The van der Waals surface area contributed by atoms with Crippen molar-refractivity contribution < 1.29 is 29.1 Å². The predicted octanol–water partition coefficient (Wildman–Crippen LogP) is -2.14. The second-order valence-corrected chi connectivity index (χ2v) is 8.37. The van der Waals surface area contributed by atoms with Crippen molar-refractivity contribution in [1.82, 2.24) is 25.5 Å². The van der Waals surface area contributed by atoms with Gasteiger partial charge in [0.2, 0.25) is 23.6 Å². The molecule has 4 amide bonds. The van der Waals surface area contributed by atoms with Crippen molar-refractivity contribution in [2.24, 2.45) is 17.4 Å². The van der Waals surface area contributed by atoms with Gasteiger partial charge in [-0.25, -0.2) is 9.78 Å². The van der Waals surface area contributed by atoms with E-state index in [1.165, 1.54) is 12.5 Å². The normalized spacial score (nSPS) is 18.4. The van der Waals surface area contributed by atoms with Gasteiger partial charge in [0.1, 0.15) is 18.1 Å². The molecule has 1 aromatic heterocycles. The maximum Gasteiger partial charge on any atom is 0.326 e. The van der Waals surface area contributed by atoms with E-state index in [1.54, 1.807) is 13.8 Å². The molecule has 182 valence electrons. The standard InChI is InChI=1S/C20H31N7O6/c1-10(2)16(22)18(30)25-12(6-11-8-23-9-24-11)17(29)26-13(7-15(21)28)19(31)27-5-3-4-14(27)20(32)33/h8-10,12-14,16H,3-7,22H2,1-2H3,(H2,21,28)(H,23,24)(H,25,30)(H,26,29)(H,32,33). The number of H-pyrrole nitrogens is 1. The summed E-state index contributed by atoms with van der Waals surface area (Å²) in [5, 5.41) is 14.4. The fourth-order valence-electron chi connectivity index (χ4n) is 3.56. The highest BCUT2D eigenvalue weighted by Crippen LogP contribution is 2.19. The Kier molecular flexibility index (Phi) is 8.91. The Morgan fingerprint density at radius 2 is 1.88 bits per heavy atom. The number of rotatable bonds is 11. The van der Waals surface area contributed by atoms with E-state index in [4.69, 9.17) is 11.5 Å². The Bertz CT molecular complexity index is 872. The topological polar surface area (TPSA) is 214 Å². The lowest BCUT2D eigenvalue weighted by Gasteiger charge is -2.28. The van der Waals surface area contributed by atoms with Crippen LogP contribution in [0.4, 0.5) is 0 Å². The molecule has 0 spiro atoms. The molecule has 1 aliphatic heterocycles. The summed E-state index contributed by atoms with van der Waals surface area (Å²) in [5.74, 6) is -4.24. The lowest BCUT2D eigenvalue weighted by Crippen LogP contribution is -2.58. The van der Waals surface area contributed by atoms with Crippen LogP contribution in [0, 0.1) is 5.92 Å². The van der Waals surface area contributed by atoms with E-state index in [1.807, 2.05) is 0 Å². The zero-order valence-electron chi connectivity index (χ0n) is 18.6. The van der Waals surface area contributed by atoms with E-state index >= 15 is 0 Å². The summed E-state index contributed by atoms with van der Waals surface area (Å²) in [5.41, 5.74) is 11.7. The highest BCUT2D eigenvalue weighted by Gasteiger charge is 2.39. The molecule has 0 bridgehead atoms. The van der Waals surface area contributed by atoms with Crippen molar-refractivity contribution in [2.75, 3.05) is 6.54 Å². The van der Waals surface area contributed by atoms with Crippen LogP contribution in [0.5, 0.6) is 0 Å². The number of aliphatic carboxylic acids is 1. The number of aromatic amines is 1. The third-order valence-corrected chi connectivity index (χ3v) is 5.47. The van der Waals surface area contributed by atoms with Gasteiger partial charge in [-0.05, 0) is 18.8 Å². The monoisotopic (exact) mass is 465 g/mol. The number of carboxylic acids is 1.